The van der Waals surface area contributed by atoms with E-state index < -0.39 is 5.60 Å². The van der Waals surface area contributed by atoms with Crippen LogP contribution in [0.5, 0.6) is 5.75 Å². The first kappa shape index (κ1) is 19.8. The van der Waals surface area contributed by atoms with Gasteiger partial charge in [-0.25, -0.2) is 4.98 Å². The lowest BCUT2D eigenvalue weighted by molar-refractivity contribution is -0.151. The zero-order valence-corrected chi connectivity index (χ0v) is 17.1. The summed E-state index contributed by atoms with van der Waals surface area (Å²) in [6.45, 7) is 4.96. The van der Waals surface area contributed by atoms with Crippen LogP contribution in [0, 0.1) is 0 Å². The van der Waals surface area contributed by atoms with Crippen LogP contribution in [0.4, 0.5) is 0 Å². The molecule has 5 nitrogen and oxygen atoms in total. The van der Waals surface area contributed by atoms with Crippen LogP contribution in [0.2, 0.25) is 0 Å². The van der Waals surface area contributed by atoms with Crippen molar-refractivity contribution < 1.29 is 14.6 Å². The van der Waals surface area contributed by atoms with Crippen LogP contribution in [-0.4, -0.2) is 46.7 Å². The highest BCUT2D eigenvalue weighted by atomic mass is 32.1. The van der Waals surface area contributed by atoms with Gasteiger partial charge in [0.05, 0.1) is 17.8 Å². The van der Waals surface area contributed by atoms with Gasteiger partial charge in [0.15, 0.2) is 0 Å². The highest BCUT2D eigenvalue weighted by Gasteiger charge is 2.35. The van der Waals surface area contributed by atoms with Crippen LogP contribution in [0.3, 0.4) is 0 Å². The first-order valence-electron chi connectivity index (χ1n) is 9.57. The molecule has 1 fully saturated rings. The normalized spacial score (nSPS) is 17.6. The number of hydrogen-bond donors (Lipinski definition) is 1. The molecule has 27 heavy (non-hydrogen) atoms. The quantitative estimate of drug-likeness (QED) is 0.810. The third-order valence-corrected chi connectivity index (χ3v) is 6.24. The number of para-hydroxylation sites is 1. The third-order valence-electron chi connectivity index (χ3n) is 5.23. The molecule has 1 unspecified atom stereocenters. The molecular formula is C21H28N2O3S. The summed E-state index contributed by atoms with van der Waals surface area (Å²) in [6, 6.07) is 7.91. The van der Waals surface area contributed by atoms with E-state index in [0.717, 1.165) is 41.3 Å². The van der Waals surface area contributed by atoms with Crippen LogP contribution in [0.1, 0.15) is 50.5 Å². The summed E-state index contributed by atoms with van der Waals surface area (Å²) in [4.78, 5) is 19.2. The van der Waals surface area contributed by atoms with Crippen LogP contribution in [0.25, 0.3) is 11.3 Å². The van der Waals surface area contributed by atoms with Crippen molar-refractivity contribution in [2.75, 3.05) is 20.2 Å². The third kappa shape index (κ3) is 4.33. The summed E-state index contributed by atoms with van der Waals surface area (Å²) in [5, 5.41) is 13.6. The first-order chi connectivity index (χ1) is 13.0. The number of hydrogen-bond acceptors (Lipinski definition) is 5. The SMILES string of the molecule is CCCC(C)(O)C(=O)N1CCC(c2nc(-c3ccccc3OC)cs2)CC1. The monoisotopic (exact) mass is 388 g/mol. The standard InChI is InChI=1S/C21H28N2O3S/c1-4-11-21(2,25)20(24)23-12-9-15(10-13-23)19-22-17(14-27-19)16-7-5-6-8-18(16)26-3/h5-8,14-15,25H,4,9-13H2,1-3H3. The lowest BCUT2D eigenvalue weighted by atomic mass is 9.93. The predicted octanol–water partition coefficient (Wildman–Crippen LogP) is 4.08. The number of piperidine rings is 1. The summed E-state index contributed by atoms with van der Waals surface area (Å²) < 4.78 is 5.44. The lowest BCUT2D eigenvalue weighted by Crippen LogP contribution is -2.49. The van der Waals surface area contributed by atoms with E-state index in [0.29, 0.717) is 25.4 Å². The minimum Gasteiger partial charge on any atom is -0.496 e. The topological polar surface area (TPSA) is 62.7 Å². The molecule has 3 rings (SSSR count). The minimum absolute atomic E-state index is 0.142. The fraction of sp³-hybridized carbons (Fsp3) is 0.524. The smallest absolute Gasteiger partial charge is 0.254 e. The Morgan fingerprint density at radius 2 is 2.07 bits per heavy atom. The molecule has 1 atom stereocenters. The van der Waals surface area contributed by atoms with E-state index in [1.165, 1.54) is 0 Å². The van der Waals surface area contributed by atoms with Crippen molar-refractivity contribution >= 4 is 17.2 Å². The number of nitrogens with zero attached hydrogens (tertiary/aromatic N) is 2. The fourth-order valence-corrected chi connectivity index (χ4v) is 4.71. The zero-order valence-electron chi connectivity index (χ0n) is 16.3. The van der Waals surface area contributed by atoms with Gasteiger partial charge in [0.1, 0.15) is 11.4 Å². The summed E-state index contributed by atoms with van der Waals surface area (Å²) in [5.41, 5.74) is 0.697. The van der Waals surface area contributed by atoms with Gasteiger partial charge >= 0.3 is 0 Å². The van der Waals surface area contributed by atoms with Gasteiger partial charge < -0.3 is 14.7 Å². The highest BCUT2D eigenvalue weighted by molar-refractivity contribution is 7.10. The van der Waals surface area contributed by atoms with Crippen molar-refractivity contribution in [2.45, 2.75) is 51.0 Å². The molecule has 2 heterocycles. The van der Waals surface area contributed by atoms with E-state index in [9.17, 15) is 9.90 Å². The Labute approximate surface area is 165 Å². The average Bonchev–Trinajstić information content (AvgIpc) is 3.17. The van der Waals surface area contributed by atoms with Crippen LogP contribution >= 0.6 is 11.3 Å². The van der Waals surface area contributed by atoms with Crippen LogP contribution in [0.15, 0.2) is 29.6 Å². The summed E-state index contributed by atoms with van der Waals surface area (Å²) in [6.07, 6.45) is 3.06. The van der Waals surface area contributed by atoms with Gasteiger partial charge in [0, 0.05) is 30.0 Å². The summed E-state index contributed by atoms with van der Waals surface area (Å²) in [5.74, 6) is 1.04. The second kappa shape index (κ2) is 8.40. The minimum atomic E-state index is -1.25. The van der Waals surface area contributed by atoms with Crippen molar-refractivity contribution in [1.82, 2.24) is 9.88 Å². The van der Waals surface area contributed by atoms with Gasteiger partial charge in [-0.05, 0) is 38.3 Å². The Morgan fingerprint density at radius 3 is 2.74 bits per heavy atom. The largest absolute Gasteiger partial charge is 0.496 e. The number of amides is 1. The van der Waals surface area contributed by atoms with E-state index in [4.69, 9.17) is 9.72 Å². The molecule has 0 radical (unpaired) electrons. The molecule has 1 aliphatic heterocycles. The molecule has 1 aliphatic rings. The molecule has 1 aromatic heterocycles. The van der Waals surface area contributed by atoms with Gasteiger partial charge in [0.25, 0.3) is 5.91 Å². The van der Waals surface area contributed by atoms with E-state index >= 15 is 0 Å². The van der Waals surface area contributed by atoms with Gasteiger partial charge in [-0.3, -0.25) is 4.79 Å². The van der Waals surface area contributed by atoms with Crippen LogP contribution in [-0.2, 0) is 4.79 Å². The average molecular weight is 389 g/mol. The number of aromatic nitrogens is 1. The predicted molar refractivity (Wildman–Crippen MR) is 108 cm³/mol. The fourth-order valence-electron chi connectivity index (χ4n) is 3.72. The van der Waals surface area contributed by atoms with Crippen molar-refractivity contribution in [3.8, 4) is 17.0 Å². The highest BCUT2D eigenvalue weighted by Crippen LogP contribution is 2.36. The Morgan fingerprint density at radius 1 is 1.37 bits per heavy atom. The molecule has 1 saturated heterocycles. The van der Waals surface area contributed by atoms with E-state index in [-0.39, 0.29) is 5.91 Å². The molecule has 0 saturated carbocycles. The molecule has 146 valence electrons. The molecule has 6 heteroatoms. The van der Waals surface area contributed by atoms with Gasteiger partial charge in [-0.1, -0.05) is 25.5 Å². The molecule has 1 N–H and O–H groups in total. The maximum atomic E-state index is 12.6. The van der Waals surface area contributed by atoms with Crippen molar-refractivity contribution in [1.29, 1.82) is 0 Å². The zero-order chi connectivity index (χ0) is 19.4. The van der Waals surface area contributed by atoms with Gasteiger partial charge in [-0.15, -0.1) is 11.3 Å². The molecule has 0 aliphatic carbocycles. The number of thiazole rings is 1. The number of likely N-dealkylation sites (tertiary alicyclic amines) is 1. The Hall–Kier alpha value is -1.92. The second-order valence-corrected chi connectivity index (χ2v) is 8.25. The molecule has 0 spiro atoms. The summed E-state index contributed by atoms with van der Waals surface area (Å²) >= 11 is 1.67. The van der Waals surface area contributed by atoms with E-state index in [1.807, 2.05) is 31.2 Å². The van der Waals surface area contributed by atoms with Gasteiger partial charge in [0.2, 0.25) is 0 Å². The van der Waals surface area contributed by atoms with Crippen molar-refractivity contribution in [3.05, 3.63) is 34.7 Å². The van der Waals surface area contributed by atoms with Crippen molar-refractivity contribution in [2.24, 2.45) is 0 Å². The van der Waals surface area contributed by atoms with Crippen LogP contribution < -0.4 is 4.74 Å². The number of methoxy groups -OCH3 is 1. The number of ether oxygens (including phenoxy) is 1. The molecular weight excluding hydrogens is 360 g/mol. The first-order valence-corrected chi connectivity index (χ1v) is 10.4. The summed E-state index contributed by atoms with van der Waals surface area (Å²) in [7, 11) is 1.67. The Kier molecular flexibility index (Phi) is 6.17. The molecule has 1 aromatic carbocycles. The maximum absolute atomic E-state index is 12.6. The lowest BCUT2D eigenvalue weighted by Gasteiger charge is -2.35. The number of benzene rings is 1. The Balaban J connectivity index is 1.66. The van der Waals surface area contributed by atoms with E-state index in [1.54, 1.807) is 30.3 Å². The van der Waals surface area contributed by atoms with Crippen molar-refractivity contribution in [3.63, 3.8) is 0 Å². The molecule has 0 bridgehead atoms. The molecule has 2 aromatic rings. The molecule has 1 amide bonds. The number of carbonyl (C=O) groups is 1. The Bertz CT molecular complexity index is 779. The maximum Gasteiger partial charge on any atom is 0.254 e. The number of rotatable bonds is 6. The second-order valence-electron chi connectivity index (χ2n) is 7.36. The number of aliphatic hydroxyl groups is 1. The van der Waals surface area contributed by atoms with Gasteiger partial charge in [-0.2, -0.15) is 0 Å². The van der Waals surface area contributed by atoms with E-state index in [2.05, 4.69) is 5.38 Å². The number of carbonyl (C=O) groups excluding carboxylic acids is 1.